The van der Waals surface area contributed by atoms with E-state index in [0.29, 0.717) is 43.2 Å². The molecule has 2 saturated heterocycles. The summed E-state index contributed by atoms with van der Waals surface area (Å²) in [5.41, 5.74) is -2.33. The number of nitrogens with zero attached hydrogens (tertiary/aromatic N) is 4. The Hall–Kier alpha value is -3.14. The average molecular weight is 517 g/mol. The van der Waals surface area contributed by atoms with Gasteiger partial charge in [0.25, 0.3) is 5.91 Å². The highest BCUT2D eigenvalue weighted by Gasteiger charge is 2.46. The van der Waals surface area contributed by atoms with E-state index in [9.17, 15) is 23.5 Å². The molecule has 4 rings (SSSR count). The Labute approximate surface area is 215 Å². The van der Waals surface area contributed by atoms with Crippen LogP contribution in [-0.2, 0) is 4.79 Å². The molecular formula is C27H34F2N4O4. The van der Waals surface area contributed by atoms with Crippen LogP contribution in [0, 0.1) is 11.7 Å². The highest BCUT2D eigenvalue weighted by atomic mass is 19.1. The molecule has 2 aliphatic rings. The summed E-state index contributed by atoms with van der Waals surface area (Å²) in [4.78, 5) is 36.5. The molecule has 0 spiro atoms. The molecule has 2 aromatic rings. The quantitative estimate of drug-likeness (QED) is 0.562. The number of piperidine rings is 1. The smallest absolute Gasteiger partial charge is 0.329 e. The van der Waals surface area contributed by atoms with Gasteiger partial charge < -0.3 is 19.6 Å². The second-order valence-corrected chi connectivity index (χ2v) is 10.8. The predicted octanol–water partition coefficient (Wildman–Crippen LogP) is 4.20. The predicted molar refractivity (Wildman–Crippen MR) is 134 cm³/mol. The molecule has 0 radical (unpaired) electrons. The fourth-order valence-electron chi connectivity index (χ4n) is 5.08. The molecule has 2 aliphatic heterocycles. The lowest BCUT2D eigenvalue weighted by Gasteiger charge is -2.34. The first-order valence-corrected chi connectivity index (χ1v) is 12.7. The lowest BCUT2D eigenvalue weighted by molar-refractivity contribution is -0.147. The van der Waals surface area contributed by atoms with Crippen molar-refractivity contribution in [3.63, 3.8) is 0 Å². The Morgan fingerprint density at radius 1 is 1.19 bits per heavy atom. The van der Waals surface area contributed by atoms with Crippen molar-refractivity contribution in [2.75, 3.05) is 32.8 Å². The van der Waals surface area contributed by atoms with Crippen LogP contribution in [0.5, 0.6) is 5.75 Å². The number of aromatic nitrogens is 2. The molecule has 37 heavy (non-hydrogen) atoms. The minimum absolute atomic E-state index is 0.181. The van der Waals surface area contributed by atoms with Crippen molar-refractivity contribution >= 4 is 11.9 Å². The summed E-state index contributed by atoms with van der Waals surface area (Å²) >= 11 is 0. The Morgan fingerprint density at radius 2 is 1.86 bits per heavy atom. The molecule has 0 saturated carbocycles. The number of amides is 1. The molecule has 1 amide bonds. The highest BCUT2D eigenvalue weighted by Crippen LogP contribution is 2.32. The van der Waals surface area contributed by atoms with E-state index in [1.54, 1.807) is 19.9 Å². The summed E-state index contributed by atoms with van der Waals surface area (Å²) in [7, 11) is 0. The molecule has 1 aromatic carbocycles. The van der Waals surface area contributed by atoms with E-state index in [1.165, 1.54) is 36.4 Å². The highest BCUT2D eigenvalue weighted by molar-refractivity contribution is 5.98. The van der Waals surface area contributed by atoms with Gasteiger partial charge >= 0.3 is 5.97 Å². The van der Waals surface area contributed by atoms with Gasteiger partial charge in [0.2, 0.25) is 0 Å². The van der Waals surface area contributed by atoms with E-state index in [0.717, 1.165) is 25.9 Å². The molecule has 1 aromatic heterocycles. The minimum atomic E-state index is -1.34. The largest absolute Gasteiger partial charge is 0.490 e. The number of likely N-dealkylation sites (tertiary alicyclic amines) is 2. The second kappa shape index (κ2) is 10.7. The van der Waals surface area contributed by atoms with Crippen LogP contribution in [0.2, 0.25) is 0 Å². The maximum atomic E-state index is 14.9. The molecule has 200 valence electrons. The summed E-state index contributed by atoms with van der Waals surface area (Å²) in [6, 6.07) is 4.08. The Balaban J connectivity index is 1.34. The summed E-state index contributed by atoms with van der Waals surface area (Å²) in [6.45, 7) is 7.59. The summed E-state index contributed by atoms with van der Waals surface area (Å²) in [5, 5.41) is 9.55. The van der Waals surface area contributed by atoms with Crippen LogP contribution >= 0.6 is 0 Å². The van der Waals surface area contributed by atoms with Crippen LogP contribution in [-0.4, -0.2) is 80.7 Å². The summed E-state index contributed by atoms with van der Waals surface area (Å²) in [5.74, 6) is -1.34. The lowest BCUT2D eigenvalue weighted by atomic mass is 9.97. The summed E-state index contributed by atoms with van der Waals surface area (Å²) < 4.78 is 34.6. The van der Waals surface area contributed by atoms with Crippen LogP contribution in [0.3, 0.4) is 0 Å². The maximum absolute atomic E-state index is 14.9. The third-order valence-electron chi connectivity index (χ3n) is 7.23. The number of benzene rings is 1. The van der Waals surface area contributed by atoms with Crippen LogP contribution in [0.1, 0.15) is 56.8 Å². The fourth-order valence-corrected chi connectivity index (χ4v) is 5.08. The number of carbonyl (C=O) groups is 2. The van der Waals surface area contributed by atoms with Crippen LogP contribution in [0.25, 0.3) is 11.4 Å². The first kappa shape index (κ1) is 26.9. The zero-order valence-corrected chi connectivity index (χ0v) is 21.5. The maximum Gasteiger partial charge on any atom is 0.329 e. The number of aliphatic carboxylic acids is 1. The van der Waals surface area contributed by atoms with E-state index in [4.69, 9.17) is 4.74 Å². The zero-order chi connectivity index (χ0) is 26.8. The fraction of sp³-hybridized carbons (Fsp3) is 0.556. The molecular weight excluding hydrogens is 482 g/mol. The number of carbonyl (C=O) groups excluding carboxylic acids is 1. The SMILES string of the molecule is CC(C)(F)CN1CCC(COc2cnc(-c3ccc(C(=O)N4CCCC4(C)C(=O)O)c(F)c3)nc2)CC1. The van der Waals surface area contributed by atoms with Crippen molar-refractivity contribution < 1.29 is 28.2 Å². The molecule has 10 heteroatoms. The molecule has 8 nitrogen and oxygen atoms in total. The molecule has 2 fully saturated rings. The van der Waals surface area contributed by atoms with E-state index in [-0.39, 0.29) is 17.9 Å². The third kappa shape index (κ3) is 6.23. The van der Waals surface area contributed by atoms with Crippen LogP contribution in [0.4, 0.5) is 8.78 Å². The minimum Gasteiger partial charge on any atom is -0.490 e. The molecule has 1 atom stereocenters. The summed E-state index contributed by atoms with van der Waals surface area (Å²) in [6.07, 6.45) is 5.80. The number of carboxylic acids is 1. The number of carboxylic acid groups (broad SMARTS) is 1. The number of alkyl halides is 1. The zero-order valence-electron chi connectivity index (χ0n) is 21.5. The second-order valence-electron chi connectivity index (χ2n) is 10.8. The molecule has 1 N–H and O–H groups in total. The van der Waals surface area contributed by atoms with Gasteiger partial charge in [-0.25, -0.2) is 23.5 Å². The normalized spacial score (nSPS) is 21.3. The van der Waals surface area contributed by atoms with Gasteiger partial charge in [0, 0.05) is 18.7 Å². The average Bonchev–Trinajstić information content (AvgIpc) is 3.25. The van der Waals surface area contributed by atoms with Crippen molar-refractivity contribution in [3.8, 4) is 17.1 Å². The van der Waals surface area contributed by atoms with Gasteiger partial charge in [-0.1, -0.05) is 6.07 Å². The number of hydrogen-bond acceptors (Lipinski definition) is 6. The molecule has 0 bridgehead atoms. The monoisotopic (exact) mass is 516 g/mol. The van der Waals surface area contributed by atoms with Crippen molar-refractivity contribution in [2.45, 2.75) is 57.7 Å². The van der Waals surface area contributed by atoms with Crippen molar-refractivity contribution in [3.05, 3.63) is 42.0 Å². The first-order chi connectivity index (χ1) is 17.5. The lowest BCUT2D eigenvalue weighted by Crippen LogP contribution is -2.50. The van der Waals surface area contributed by atoms with Gasteiger partial charge in [-0.15, -0.1) is 0 Å². The van der Waals surface area contributed by atoms with Gasteiger partial charge in [-0.2, -0.15) is 0 Å². The van der Waals surface area contributed by atoms with E-state index in [1.807, 2.05) is 0 Å². The Kier molecular flexibility index (Phi) is 7.77. The van der Waals surface area contributed by atoms with Crippen LogP contribution < -0.4 is 4.74 Å². The number of rotatable bonds is 8. The van der Waals surface area contributed by atoms with E-state index >= 15 is 0 Å². The van der Waals surface area contributed by atoms with E-state index < -0.39 is 28.9 Å². The van der Waals surface area contributed by atoms with Gasteiger partial charge in [0.05, 0.1) is 24.6 Å². The number of ether oxygens (including phenoxy) is 1. The Bertz CT molecular complexity index is 1130. The van der Waals surface area contributed by atoms with Gasteiger partial charge in [-0.05, 0) is 77.6 Å². The molecule has 3 heterocycles. The standard InChI is InChI=1S/C27H34F2N4O4/c1-26(2,29)17-32-11-7-18(8-12-32)16-37-20-14-30-23(31-15-20)19-5-6-21(22(28)13-19)24(34)33-10-4-9-27(33,3)25(35)36/h5-6,13-15,18H,4,7-12,16-17H2,1-3H3,(H,35,36). The van der Waals surface area contributed by atoms with Gasteiger partial charge in [0.15, 0.2) is 11.6 Å². The molecule has 0 aliphatic carbocycles. The van der Waals surface area contributed by atoms with Crippen LogP contribution in [0.15, 0.2) is 30.6 Å². The Morgan fingerprint density at radius 3 is 2.46 bits per heavy atom. The van der Waals surface area contributed by atoms with Crippen molar-refractivity contribution in [1.82, 2.24) is 19.8 Å². The first-order valence-electron chi connectivity index (χ1n) is 12.7. The third-order valence-corrected chi connectivity index (χ3v) is 7.23. The number of halogens is 2. The topological polar surface area (TPSA) is 95.9 Å². The van der Waals surface area contributed by atoms with E-state index in [2.05, 4.69) is 14.9 Å². The van der Waals surface area contributed by atoms with Crippen molar-refractivity contribution in [2.24, 2.45) is 5.92 Å². The van der Waals surface area contributed by atoms with Crippen molar-refractivity contribution in [1.29, 1.82) is 0 Å². The van der Waals surface area contributed by atoms with Gasteiger partial charge in [0.1, 0.15) is 17.0 Å². The number of hydrogen-bond donors (Lipinski definition) is 1. The van der Waals surface area contributed by atoms with Gasteiger partial charge in [-0.3, -0.25) is 4.79 Å². The molecule has 1 unspecified atom stereocenters.